The maximum Gasteiger partial charge on any atom is 0.0937 e. The van der Waals surface area contributed by atoms with Crippen LogP contribution in [-0.2, 0) is 9.83 Å². The van der Waals surface area contributed by atoms with Crippen LogP contribution in [0.25, 0.3) is 0 Å². The predicted molar refractivity (Wildman–Crippen MR) is 58.2 cm³/mol. The molecule has 0 heterocycles. The third kappa shape index (κ3) is 7.22. The fourth-order valence-electron chi connectivity index (χ4n) is 0.214. The van der Waals surface area contributed by atoms with Gasteiger partial charge in [-0.1, -0.05) is 45.4 Å². The molecule has 68 valence electrons. The van der Waals surface area contributed by atoms with Crippen LogP contribution >= 0.6 is 20.6 Å². The quantitative estimate of drug-likeness (QED) is 0.669. The van der Waals surface area contributed by atoms with Gasteiger partial charge in [0.25, 0.3) is 0 Å². The van der Waals surface area contributed by atoms with E-state index in [-0.39, 0.29) is 10.00 Å². The van der Waals surface area contributed by atoms with Gasteiger partial charge in [-0.05, 0) is 0 Å². The Hall–Kier alpha value is 0.850. The first-order chi connectivity index (χ1) is 4.83. The highest BCUT2D eigenvalue weighted by Crippen LogP contribution is 2.38. The van der Waals surface area contributed by atoms with Crippen molar-refractivity contribution >= 4 is 30.5 Å². The van der Waals surface area contributed by atoms with E-state index in [1.54, 1.807) is 10.8 Å². The summed E-state index contributed by atoms with van der Waals surface area (Å²) in [6.45, 7) is 10.3. The number of hydrogen-bond donors (Lipinski definition) is 0. The van der Waals surface area contributed by atoms with Crippen LogP contribution in [0.2, 0.25) is 0 Å². The zero-order valence-corrected chi connectivity index (χ0v) is 10.2. The second-order valence-electron chi connectivity index (χ2n) is 3.57. The van der Waals surface area contributed by atoms with Gasteiger partial charge in [0.15, 0.2) is 0 Å². The molecule has 0 aromatic carbocycles. The zero-order chi connectivity index (χ0) is 9.07. The molecule has 1 atom stereocenters. The molecule has 0 rings (SSSR count). The van der Waals surface area contributed by atoms with Gasteiger partial charge in [-0.3, -0.25) is 0 Å². The molecule has 0 aliphatic heterocycles. The molecule has 1 nitrogen and oxygen atoms in total. The van der Waals surface area contributed by atoms with E-state index in [2.05, 4.69) is 20.8 Å². The molecule has 11 heavy (non-hydrogen) atoms. The highest BCUT2D eigenvalue weighted by atomic mass is 33.5. The average molecular weight is 212 g/mol. The summed E-state index contributed by atoms with van der Waals surface area (Å²) in [4.78, 5) is 0. The molecule has 0 saturated heterocycles. The summed E-state index contributed by atoms with van der Waals surface area (Å²) in [5.74, 6) is 0. The van der Waals surface area contributed by atoms with Gasteiger partial charge in [-0.25, -0.2) is 4.21 Å². The third-order valence-corrected chi connectivity index (χ3v) is 7.29. The lowest BCUT2D eigenvalue weighted by atomic mass is 10.3. The largest absolute Gasteiger partial charge is 0.247 e. The van der Waals surface area contributed by atoms with Gasteiger partial charge in [0.05, 0.1) is 9.83 Å². The maximum absolute atomic E-state index is 11.2. The summed E-state index contributed by atoms with van der Waals surface area (Å²) in [6.07, 6.45) is 0. The van der Waals surface area contributed by atoms with Gasteiger partial charge in [0.2, 0.25) is 0 Å². The molecule has 0 amide bonds. The molecular weight excluding hydrogens is 196 g/mol. The summed E-state index contributed by atoms with van der Waals surface area (Å²) < 4.78 is 11.4. The first-order valence-corrected chi connectivity index (χ1v) is 7.47. The summed E-state index contributed by atoms with van der Waals surface area (Å²) in [5, 5.41) is 0.259. The van der Waals surface area contributed by atoms with Crippen LogP contribution in [0.1, 0.15) is 34.6 Å². The lowest BCUT2D eigenvalue weighted by Gasteiger charge is -2.16. The van der Waals surface area contributed by atoms with Crippen molar-refractivity contribution in [2.75, 3.05) is 0 Å². The summed E-state index contributed by atoms with van der Waals surface area (Å²) >= 11 is 0. The van der Waals surface area contributed by atoms with E-state index in [0.29, 0.717) is 0 Å². The summed E-state index contributed by atoms with van der Waals surface area (Å²) in [7, 11) is 2.43. The minimum absolute atomic E-state index is 0.204. The Labute approximate surface area is 79.3 Å². The molecule has 0 aliphatic carbocycles. The van der Waals surface area contributed by atoms with Gasteiger partial charge in [-0.2, -0.15) is 0 Å². The standard InChI is InChI=1S/C7H16OS3/c1-6(2)11(8)10-9-7(3,4)5/h6H,1-5H3. The Bertz CT molecular complexity index is 137. The van der Waals surface area contributed by atoms with Gasteiger partial charge in [-0.15, -0.1) is 0 Å². The predicted octanol–water partition coefficient (Wildman–Crippen LogP) is 3.24. The molecule has 0 aromatic rings. The third-order valence-electron chi connectivity index (χ3n) is 0.736. The second kappa shape index (κ2) is 4.77. The maximum atomic E-state index is 11.2. The van der Waals surface area contributed by atoms with Crippen LogP contribution in [0, 0.1) is 0 Å². The van der Waals surface area contributed by atoms with Crippen molar-refractivity contribution in [1.82, 2.24) is 0 Å². The van der Waals surface area contributed by atoms with Crippen molar-refractivity contribution in [3.8, 4) is 0 Å². The van der Waals surface area contributed by atoms with E-state index < -0.39 is 9.83 Å². The normalized spacial score (nSPS) is 15.5. The van der Waals surface area contributed by atoms with Crippen LogP contribution in [0.3, 0.4) is 0 Å². The molecule has 0 aromatic heterocycles. The van der Waals surface area contributed by atoms with Crippen LogP contribution in [0.15, 0.2) is 0 Å². The second-order valence-corrected chi connectivity index (χ2v) is 9.68. The first kappa shape index (κ1) is 11.8. The summed E-state index contributed by atoms with van der Waals surface area (Å²) in [5.41, 5.74) is 0. The van der Waals surface area contributed by atoms with Crippen LogP contribution < -0.4 is 0 Å². The smallest absolute Gasteiger partial charge is 0.0937 e. The lowest BCUT2D eigenvalue weighted by molar-refractivity contribution is 0.686. The fraction of sp³-hybridized carbons (Fsp3) is 1.00. The van der Waals surface area contributed by atoms with Crippen LogP contribution in [0.4, 0.5) is 0 Å². The Morgan fingerprint density at radius 3 is 2.00 bits per heavy atom. The molecule has 1 unspecified atom stereocenters. The molecule has 0 bridgehead atoms. The highest BCUT2D eigenvalue weighted by molar-refractivity contribution is 9.05. The van der Waals surface area contributed by atoms with E-state index in [9.17, 15) is 4.21 Å². The van der Waals surface area contributed by atoms with Crippen LogP contribution in [-0.4, -0.2) is 14.2 Å². The van der Waals surface area contributed by atoms with E-state index in [0.717, 1.165) is 0 Å². The Morgan fingerprint density at radius 1 is 1.27 bits per heavy atom. The van der Waals surface area contributed by atoms with Crippen molar-refractivity contribution in [2.24, 2.45) is 0 Å². The van der Waals surface area contributed by atoms with E-state index >= 15 is 0 Å². The zero-order valence-electron chi connectivity index (χ0n) is 7.71. The average Bonchev–Trinajstić information content (AvgIpc) is 1.80. The minimum Gasteiger partial charge on any atom is -0.247 e. The van der Waals surface area contributed by atoms with Gasteiger partial charge >= 0.3 is 0 Å². The fourth-order valence-corrected chi connectivity index (χ4v) is 5.78. The molecule has 0 aliphatic rings. The van der Waals surface area contributed by atoms with E-state index in [1.165, 1.54) is 9.83 Å². The molecule has 0 saturated carbocycles. The van der Waals surface area contributed by atoms with Crippen molar-refractivity contribution in [2.45, 2.75) is 44.6 Å². The van der Waals surface area contributed by atoms with Crippen molar-refractivity contribution in [3.63, 3.8) is 0 Å². The molecule has 0 radical (unpaired) electrons. The molecule has 0 spiro atoms. The highest BCUT2D eigenvalue weighted by Gasteiger charge is 2.15. The Kier molecular flexibility index (Phi) is 5.14. The van der Waals surface area contributed by atoms with Gasteiger partial charge in [0, 0.05) is 19.8 Å². The molecule has 0 fully saturated rings. The van der Waals surface area contributed by atoms with E-state index in [1.807, 2.05) is 13.8 Å². The summed E-state index contributed by atoms with van der Waals surface area (Å²) in [6, 6.07) is 0. The SMILES string of the molecule is CC(C)S(=O)SSC(C)(C)C. The Morgan fingerprint density at radius 2 is 1.73 bits per heavy atom. The van der Waals surface area contributed by atoms with Crippen molar-refractivity contribution < 1.29 is 4.21 Å². The number of rotatable bonds is 3. The van der Waals surface area contributed by atoms with Crippen LogP contribution in [0.5, 0.6) is 0 Å². The monoisotopic (exact) mass is 212 g/mol. The molecule has 4 heteroatoms. The minimum atomic E-state index is -0.739. The Balaban J connectivity index is 3.64. The molecular formula is C7H16OS3. The molecule has 0 N–H and O–H groups in total. The van der Waals surface area contributed by atoms with Crippen molar-refractivity contribution in [3.05, 3.63) is 0 Å². The van der Waals surface area contributed by atoms with Gasteiger partial charge < -0.3 is 0 Å². The first-order valence-electron chi connectivity index (χ1n) is 3.59. The van der Waals surface area contributed by atoms with Gasteiger partial charge in [0.1, 0.15) is 0 Å². The number of hydrogen-bond acceptors (Lipinski definition) is 3. The van der Waals surface area contributed by atoms with Crippen molar-refractivity contribution in [1.29, 1.82) is 0 Å². The topological polar surface area (TPSA) is 17.1 Å². The van der Waals surface area contributed by atoms with E-state index in [4.69, 9.17) is 0 Å². The lowest BCUT2D eigenvalue weighted by Crippen LogP contribution is -2.07.